The van der Waals surface area contributed by atoms with Crippen molar-refractivity contribution in [2.24, 2.45) is 7.05 Å². The summed E-state index contributed by atoms with van der Waals surface area (Å²) in [6, 6.07) is 8.84. The molecule has 0 radical (unpaired) electrons. The maximum absolute atomic E-state index is 12.1. The highest BCUT2D eigenvalue weighted by molar-refractivity contribution is 5.96. The van der Waals surface area contributed by atoms with Gasteiger partial charge in [-0.2, -0.15) is 5.10 Å². The highest BCUT2D eigenvalue weighted by atomic mass is 16.5. The van der Waals surface area contributed by atoms with Gasteiger partial charge in [0.2, 0.25) is 5.91 Å². The van der Waals surface area contributed by atoms with Gasteiger partial charge in [-0.3, -0.25) is 9.48 Å². The Kier molecular flexibility index (Phi) is 4.23. The Labute approximate surface area is 164 Å². The summed E-state index contributed by atoms with van der Waals surface area (Å²) >= 11 is 0. The Morgan fingerprint density at radius 2 is 2.00 bits per heavy atom. The SMILES string of the molecule is CC(=O)N1CCc2c(c(-c3cn(C)c4ccccc34)nn2C2CCOCC2)C1. The normalized spacial score (nSPS) is 17.9. The fourth-order valence-electron chi connectivity index (χ4n) is 4.69. The zero-order chi connectivity index (χ0) is 19.3. The van der Waals surface area contributed by atoms with E-state index < -0.39 is 0 Å². The molecule has 0 N–H and O–H groups in total. The molecule has 2 aliphatic heterocycles. The van der Waals surface area contributed by atoms with Gasteiger partial charge in [-0.25, -0.2) is 0 Å². The molecule has 0 bridgehead atoms. The third-order valence-corrected chi connectivity index (χ3v) is 6.22. The lowest BCUT2D eigenvalue weighted by Crippen LogP contribution is -2.35. The van der Waals surface area contributed by atoms with Crippen molar-refractivity contribution >= 4 is 16.8 Å². The van der Waals surface area contributed by atoms with Gasteiger partial charge in [0.1, 0.15) is 0 Å². The Morgan fingerprint density at radius 1 is 1.21 bits per heavy atom. The number of rotatable bonds is 2. The van der Waals surface area contributed by atoms with Crippen LogP contribution in [0.25, 0.3) is 22.2 Å². The maximum Gasteiger partial charge on any atom is 0.219 e. The van der Waals surface area contributed by atoms with E-state index in [9.17, 15) is 4.79 Å². The minimum atomic E-state index is 0.133. The van der Waals surface area contributed by atoms with E-state index in [4.69, 9.17) is 9.84 Å². The highest BCUT2D eigenvalue weighted by Crippen LogP contribution is 2.37. The molecule has 28 heavy (non-hydrogen) atoms. The summed E-state index contributed by atoms with van der Waals surface area (Å²) in [5.41, 5.74) is 5.90. The third kappa shape index (κ3) is 2.75. The van der Waals surface area contributed by atoms with Crippen LogP contribution in [-0.2, 0) is 29.5 Å². The number of benzene rings is 1. The number of hydrogen-bond acceptors (Lipinski definition) is 3. The zero-order valence-corrected chi connectivity index (χ0v) is 16.5. The Morgan fingerprint density at radius 3 is 2.79 bits per heavy atom. The van der Waals surface area contributed by atoms with E-state index in [0.29, 0.717) is 12.6 Å². The van der Waals surface area contributed by atoms with E-state index >= 15 is 0 Å². The summed E-state index contributed by atoms with van der Waals surface area (Å²) in [6.07, 6.45) is 5.04. The summed E-state index contributed by atoms with van der Waals surface area (Å²) in [6.45, 7) is 4.66. The summed E-state index contributed by atoms with van der Waals surface area (Å²) < 4.78 is 9.99. The molecule has 1 aromatic carbocycles. The molecular formula is C22H26N4O2. The number of ether oxygens (including phenoxy) is 1. The van der Waals surface area contributed by atoms with Gasteiger partial charge in [0, 0.05) is 80.6 Å². The van der Waals surface area contributed by atoms with Gasteiger partial charge >= 0.3 is 0 Å². The molecule has 1 saturated heterocycles. The van der Waals surface area contributed by atoms with Gasteiger partial charge in [-0.05, 0) is 18.9 Å². The fraction of sp³-hybridized carbons (Fsp3) is 0.455. The fourth-order valence-corrected chi connectivity index (χ4v) is 4.69. The molecule has 2 aromatic heterocycles. The van der Waals surface area contributed by atoms with Crippen LogP contribution in [0.5, 0.6) is 0 Å². The van der Waals surface area contributed by atoms with Crippen LogP contribution in [0.2, 0.25) is 0 Å². The smallest absolute Gasteiger partial charge is 0.219 e. The molecule has 1 fully saturated rings. The second-order valence-electron chi connectivity index (χ2n) is 7.92. The van der Waals surface area contributed by atoms with Crippen molar-refractivity contribution in [3.05, 3.63) is 41.7 Å². The Hall–Kier alpha value is -2.60. The molecule has 3 aromatic rings. The predicted octanol–water partition coefficient (Wildman–Crippen LogP) is 3.30. The first-order valence-electron chi connectivity index (χ1n) is 10.1. The molecule has 0 atom stereocenters. The van der Waals surface area contributed by atoms with Crippen molar-refractivity contribution in [3.63, 3.8) is 0 Å². The number of fused-ring (bicyclic) bond motifs is 2. The van der Waals surface area contributed by atoms with E-state index in [1.165, 1.54) is 22.2 Å². The minimum Gasteiger partial charge on any atom is -0.381 e. The van der Waals surface area contributed by atoms with Crippen molar-refractivity contribution in [1.82, 2.24) is 19.2 Å². The third-order valence-electron chi connectivity index (χ3n) is 6.22. The quantitative estimate of drug-likeness (QED) is 0.688. The van der Waals surface area contributed by atoms with Crippen molar-refractivity contribution in [2.45, 2.75) is 38.8 Å². The standard InChI is InChI=1S/C22H26N4O2/c1-15(27)25-10-7-21-19(14-25)22(23-26(21)16-8-11-28-12-9-16)18-13-24(2)20-6-4-3-5-17(18)20/h3-6,13,16H,7-12,14H2,1-2H3. The van der Waals surface area contributed by atoms with Gasteiger partial charge < -0.3 is 14.2 Å². The second kappa shape index (κ2) is 6.78. The monoisotopic (exact) mass is 378 g/mol. The van der Waals surface area contributed by atoms with Gasteiger partial charge in [0.25, 0.3) is 0 Å². The first-order chi connectivity index (χ1) is 13.6. The molecule has 0 saturated carbocycles. The largest absolute Gasteiger partial charge is 0.381 e. The van der Waals surface area contributed by atoms with Crippen LogP contribution < -0.4 is 0 Å². The number of amides is 1. The van der Waals surface area contributed by atoms with Crippen LogP contribution in [0, 0.1) is 0 Å². The molecule has 5 rings (SSSR count). The lowest BCUT2D eigenvalue weighted by molar-refractivity contribution is -0.129. The molecule has 6 nitrogen and oxygen atoms in total. The molecule has 0 aliphatic carbocycles. The van der Waals surface area contributed by atoms with Crippen LogP contribution in [0.3, 0.4) is 0 Å². The van der Waals surface area contributed by atoms with Crippen LogP contribution in [0.15, 0.2) is 30.5 Å². The zero-order valence-electron chi connectivity index (χ0n) is 16.5. The first kappa shape index (κ1) is 17.5. The molecule has 1 amide bonds. The lowest BCUT2D eigenvalue weighted by atomic mass is 9.99. The van der Waals surface area contributed by atoms with Gasteiger partial charge in [-0.15, -0.1) is 0 Å². The van der Waals surface area contributed by atoms with E-state index in [-0.39, 0.29) is 5.91 Å². The molecule has 2 aliphatic rings. The van der Waals surface area contributed by atoms with E-state index in [0.717, 1.165) is 50.3 Å². The molecule has 146 valence electrons. The first-order valence-corrected chi connectivity index (χ1v) is 10.1. The topological polar surface area (TPSA) is 52.3 Å². The minimum absolute atomic E-state index is 0.133. The van der Waals surface area contributed by atoms with Crippen molar-refractivity contribution in [1.29, 1.82) is 0 Å². The van der Waals surface area contributed by atoms with Crippen LogP contribution in [0.4, 0.5) is 0 Å². The average molecular weight is 378 g/mol. The summed E-state index contributed by atoms with van der Waals surface area (Å²) in [5.74, 6) is 0.133. The summed E-state index contributed by atoms with van der Waals surface area (Å²) in [5, 5.41) is 6.37. The summed E-state index contributed by atoms with van der Waals surface area (Å²) in [7, 11) is 2.08. The van der Waals surface area contributed by atoms with Gasteiger partial charge in [-0.1, -0.05) is 18.2 Å². The maximum atomic E-state index is 12.1. The Balaban J connectivity index is 1.68. The summed E-state index contributed by atoms with van der Waals surface area (Å²) in [4.78, 5) is 14.0. The van der Waals surface area contributed by atoms with Gasteiger partial charge in [0.15, 0.2) is 0 Å². The number of para-hydroxylation sites is 1. The lowest BCUT2D eigenvalue weighted by Gasteiger charge is -2.29. The Bertz CT molecular complexity index is 1040. The van der Waals surface area contributed by atoms with Crippen LogP contribution in [0.1, 0.15) is 37.1 Å². The van der Waals surface area contributed by atoms with E-state index in [1.807, 2.05) is 4.90 Å². The molecular weight excluding hydrogens is 352 g/mol. The van der Waals surface area contributed by atoms with Crippen LogP contribution in [-0.4, -0.2) is 44.9 Å². The number of carbonyl (C=O) groups is 1. The van der Waals surface area contributed by atoms with Crippen molar-refractivity contribution < 1.29 is 9.53 Å². The average Bonchev–Trinajstić information content (AvgIpc) is 3.26. The predicted molar refractivity (Wildman–Crippen MR) is 108 cm³/mol. The number of hydrogen-bond donors (Lipinski definition) is 0. The van der Waals surface area contributed by atoms with E-state index in [1.54, 1.807) is 6.92 Å². The molecule has 6 heteroatoms. The van der Waals surface area contributed by atoms with E-state index in [2.05, 4.69) is 46.8 Å². The van der Waals surface area contributed by atoms with Crippen molar-refractivity contribution in [3.8, 4) is 11.3 Å². The number of carbonyl (C=O) groups excluding carboxylic acids is 1. The molecule has 4 heterocycles. The molecule has 0 spiro atoms. The highest BCUT2D eigenvalue weighted by Gasteiger charge is 2.30. The number of aromatic nitrogens is 3. The second-order valence-corrected chi connectivity index (χ2v) is 7.92. The van der Waals surface area contributed by atoms with Gasteiger partial charge in [0.05, 0.1) is 11.7 Å². The van der Waals surface area contributed by atoms with Crippen molar-refractivity contribution in [2.75, 3.05) is 19.8 Å². The number of aryl methyl sites for hydroxylation is 1. The number of nitrogens with zero attached hydrogens (tertiary/aromatic N) is 4. The van der Waals surface area contributed by atoms with Crippen LogP contribution >= 0.6 is 0 Å². The molecule has 0 unspecified atom stereocenters.